The van der Waals surface area contributed by atoms with Crippen molar-refractivity contribution in [1.82, 2.24) is 29.6 Å². The van der Waals surface area contributed by atoms with E-state index in [0.717, 1.165) is 56.1 Å². The standard InChI is InChI=1S/C28H32FN7O2/c1-28(2,38)26(37)23-13-22-24(15-30-23)33-27(25(32-22)19-14-31-36(17-19)20-7-8-20)35-11-9-34(10-12-35)16-18-5-3-4-6-21(18)29/h3-6,13-15,17,20,26,37-38H,7-12,16H2,1-2H3/t26-/m0/s1. The van der Waals surface area contributed by atoms with Gasteiger partial charge in [0, 0.05) is 50.0 Å². The third-order valence-electron chi connectivity index (χ3n) is 7.32. The number of halogens is 1. The lowest BCUT2D eigenvalue weighted by molar-refractivity contribution is -0.0516. The second-order valence-electron chi connectivity index (χ2n) is 10.8. The van der Waals surface area contributed by atoms with Crippen molar-refractivity contribution in [3.63, 3.8) is 0 Å². The normalized spacial score (nSPS) is 17.8. The molecule has 6 rings (SSSR count). The van der Waals surface area contributed by atoms with E-state index in [1.807, 2.05) is 29.2 Å². The number of pyridine rings is 1. The highest BCUT2D eigenvalue weighted by molar-refractivity contribution is 5.83. The third kappa shape index (κ3) is 4.99. The number of hydrogen-bond donors (Lipinski definition) is 2. The Bertz CT molecular complexity index is 1460. The van der Waals surface area contributed by atoms with Gasteiger partial charge in [-0.3, -0.25) is 14.6 Å². The molecule has 0 bridgehead atoms. The lowest BCUT2D eigenvalue weighted by Gasteiger charge is -2.36. The Balaban J connectivity index is 1.32. The molecule has 0 spiro atoms. The molecule has 4 aromatic rings. The van der Waals surface area contributed by atoms with Crippen LogP contribution in [0.5, 0.6) is 0 Å². The predicted molar refractivity (Wildman–Crippen MR) is 142 cm³/mol. The summed E-state index contributed by atoms with van der Waals surface area (Å²) in [4.78, 5) is 18.8. The van der Waals surface area contributed by atoms with E-state index >= 15 is 0 Å². The number of aliphatic hydroxyl groups is 2. The molecule has 0 unspecified atom stereocenters. The first-order valence-corrected chi connectivity index (χ1v) is 13.1. The van der Waals surface area contributed by atoms with Gasteiger partial charge in [0.25, 0.3) is 0 Å². The van der Waals surface area contributed by atoms with E-state index in [2.05, 4.69) is 19.9 Å². The van der Waals surface area contributed by atoms with Gasteiger partial charge in [-0.1, -0.05) is 18.2 Å². The summed E-state index contributed by atoms with van der Waals surface area (Å²) >= 11 is 0. The molecule has 1 atom stereocenters. The molecular formula is C28H32FN7O2. The molecule has 2 N–H and O–H groups in total. The van der Waals surface area contributed by atoms with Gasteiger partial charge in [-0.05, 0) is 38.8 Å². The van der Waals surface area contributed by atoms with Crippen molar-refractivity contribution in [1.29, 1.82) is 0 Å². The van der Waals surface area contributed by atoms with Gasteiger partial charge in [0.15, 0.2) is 5.82 Å². The molecule has 4 heterocycles. The molecule has 2 aliphatic rings. The van der Waals surface area contributed by atoms with Crippen LogP contribution in [0.15, 0.2) is 48.9 Å². The molecule has 9 nitrogen and oxygen atoms in total. The number of aromatic nitrogens is 5. The van der Waals surface area contributed by atoms with Crippen LogP contribution in [0.25, 0.3) is 22.3 Å². The van der Waals surface area contributed by atoms with Crippen LogP contribution in [0.2, 0.25) is 0 Å². The molecule has 38 heavy (non-hydrogen) atoms. The second-order valence-corrected chi connectivity index (χ2v) is 10.8. The smallest absolute Gasteiger partial charge is 0.156 e. The van der Waals surface area contributed by atoms with Gasteiger partial charge >= 0.3 is 0 Å². The quantitative estimate of drug-likeness (QED) is 0.384. The van der Waals surface area contributed by atoms with Crippen LogP contribution < -0.4 is 4.90 Å². The van der Waals surface area contributed by atoms with E-state index in [-0.39, 0.29) is 5.82 Å². The average Bonchev–Trinajstić information content (AvgIpc) is 3.65. The van der Waals surface area contributed by atoms with E-state index in [4.69, 9.17) is 9.97 Å². The zero-order valence-electron chi connectivity index (χ0n) is 21.6. The van der Waals surface area contributed by atoms with Crippen molar-refractivity contribution in [3.8, 4) is 11.3 Å². The monoisotopic (exact) mass is 517 g/mol. The molecule has 1 aliphatic carbocycles. The fourth-order valence-electron chi connectivity index (χ4n) is 4.88. The average molecular weight is 518 g/mol. The largest absolute Gasteiger partial charge is 0.387 e. The first kappa shape index (κ1) is 24.8. The summed E-state index contributed by atoms with van der Waals surface area (Å²) in [6.07, 6.45) is 6.56. The Morgan fingerprint density at radius 1 is 1.05 bits per heavy atom. The summed E-state index contributed by atoms with van der Waals surface area (Å²) in [5.74, 6) is 0.586. The summed E-state index contributed by atoms with van der Waals surface area (Å²) in [5.41, 5.74) is 2.51. The zero-order chi connectivity index (χ0) is 26.4. The number of hydrogen-bond acceptors (Lipinski definition) is 8. The lowest BCUT2D eigenvalue weighted by Crippen LogP contribution is -2.46. The van der Waals surface area contributed by atoms with Crippen LogP contribution in [0.4, 0.5) is 10.2 Å². The molecule has 2 fully saturated rings. The maximum Gasteiger partial charge on any atom is 0.156 e. The molecule has 1 saturated heterocycles. The molecule has 0 amide bonds. The van der Waals surface area contributed by atoms with E-state index in [1.54, 1.807) is 32.2 Å². The maximum atomic E-state index is 14.2. The minimum atomic E-state index is -1.34. The lowest BCUT2D eigenvalue weighted by atomic mass is 9.98. The van der Waals surface area contributed by atoms with Gasteiger partial charge in [-0.25, -0.2) is 14.4 Å². The minimum Gasteiger partial charge on any atom is -0.387 e. The Kier molecular flexibility index (Phi) is 6.33. The van der Waals surface area contributed by atoms with Crippen LogP contribution in [0, 0.1) is 5.82 Å². The summed E-state index contributed by atoms with van der Waals surface area (Å²) in [7, 11) is 0. The summed E-state index contributed by atoms with van der Waals surface area (Å²) in [5, 5.41) is 25.4. The van der Waals surface area contributed by atoms with Crippen molar-refractivity contribution >= 4 is 16.9 Å². The highest BCUT2D eigenvalue weighted by Crippen LogP contribution is 2.37. The van der Waals surface area contributed by atoms with Crippen molar-refractivity contribution in [2.24, 2.45) is 0 Å². The number of rotatable bonds is 7. The molecular weight excluding hydrogens is 485 g/mol. The highest BCUT2D eigenvalue weighted by Gasteiger charge is 2.29. The SMILES string of the molecule is CC(C)(O)[C@@H](O)c1cc2nc(-c3cnn(C4CC4)c3)c(N3CCN(Cc4ccccc4F)CC3)nc2cn1. The van der Waals surface area contributed by atoms with Crippen LogP contribution in [0.3, 0.4) is 0 Å². The van der Waals surface area contributed by atoms with Crippen LogP contribution in [0.1, 0.15) is 50.1 Å². The first-order valence-electron chi connectivity index (χ1n) is 13.1. The summed E-state index contributed by atoms with van der Waals surface area (Å²) in [6.45, 7) is 6.64. The van der Waals surface area contributed by atoms with Gasteiger partial charge in [0.2, 0.25) is 0 Å². The van der Waals surface area contributed by atoms with Crippen LogP contribution >= 0.6 is 0 Å². The molecule has 3 aromatic heterocycles. The van der Waals surface area contributed by atoms with E-state index in [1.165, 1.54) is 6.07 Å². The fraction of sp³-hybridized carbons (Fsp3) is 0.429. The van der Waals surface area contributed by atoms with Gasteiger partial charge in [0.05, 0.1) is 35.2 Å². The Hall–Kier alpha value is -3.47. The second kappa shape index (κ2) is 9.68. The van der Waals surface area contributed by atoms with Crippen molar-refractivity contribution in [2.75, 3.05) is 31.1 Å². The van der Waals surface area contributed by atoms with Gasteiger partial charge in [0.1, 0.15) is 23.1 Å². The molecule has 10 heteroatoms. The van der Waals surface area contributed by atoms with E-state index in [9.17, 15) is 14.6 Å². The molecule has 1 saturated carbocycles. The topological polar surface area (TPSA) is 103 Å². The van der Waals surface area contributed by atoms with E-state index < -0.39 is 11.7 Å². The summed E-state index contributed by atoms with van der Waals surface area (Å²) in [6, 6.07) is 9.06. The number of piperazine rings is 1. The van der Waals surface area contributed by atoms with Crippen molar-refractivity contribution in [3.05, 3.63) is 66.0 Å². The Morgan fingerprint density at radius 3 is 2.53 bits per heavy atom. The van der Waals surface area contributed by atoms with Gasteiger partial charge in [-0.2, -0.15) is 5.10 Å². The number of anilines is 1. The number of aliphatic hydroxyl groups excluding tert-OH is 1. The molecule has 0 radical (unpaired) electrons. The van der Waals surface area contributed by atoms with Gasteiger partial charge in [-0.15, -0.1) is 0 Å². The van der Waals surface area contributed by atoms with Gasteiger partial charge < -0.3 is 15.1 Å². The molecule has 1 aliphatic heterocycles. The maximum absolute atomic E-state index is 14.2. The van der Waals surface area contributed by atoms with Crippen LogP contribution in [-0.4, -0.2) is 71.6 Å². The van der Waals surface area contributed by atoms with Crippen LogP contribution in [-0.2, 0) is 6.54 Å². The highest BCUT2D eigenvalue weighted by atomic mass is 19.1. The Labute approximate surface area is 220 Å². The first-order chi connectivity index (χ1) is 18.3. The minimum absolute atomic E-state index is 0.174. The zero-order valence-corrected chi connectivity index (χ0v) is 21.6. The fourth-order valence-corrected chi connectivity index (χ4v) is 4.88. The van der Waals surface area contributed by atoms with Crippen molar-refractivity contribution < 1.29 is 14.6 Å². The van der Waals surface area contributed by atoms with E-state index in [0.29, 0.717) is 34.9 Å². The van der Waals surface area contributed by atoms with Crippen molar-refractivity contribution in [2.45, 2.75) is 51.0 Å². The summed E-state index contributed by atoms with van der Waals surface area (Å²) < 4.78 is 16.2. The molecule has 1 aromatic carbocycles. The number of fused-ring (bicyclic) bond motifs is 1. The Morgan fingerprint density at radius 2 is 1.82 bits per heavy atom. The molecule has 198 valence electrons. The third-order valence-corrected chi connectivity index (χ3v) is 7.32. The number of benzene rings is 1. The predicted octanol–water partition coefficient (Wildman–Crippen LogP) is 3.49. The number of nitrogens with zero attached hydrogens (tertiary/aromatic N) is 7.